The molecule has 2 heterocycles. The molecule has 0 bridgehead atoms. The standard InChI is InChI=1S/C12H10BrN3O/c1-6-12(10-5-11(14)17-16-10)8-3-2-7(13)4-9(8)15-6/h2-5,15H,14H2,1H3. The third-order valence-electron chi connectivity index (χ3n) is 2.73. The first-order chi connectivity index (χ1) is 8.15. The van der Waals surface area contributed by atoms with Gasteiger partial charge in [0.15, 0.2) is 0 Å². The average Bonchev–Trinajstić information content (AvgIpc) is 2.80. The molecule has 0 unspecified atom stereocenters. The van der Waals surface area contributed by atoms with E-state index in [0.29, 0.717) is 5.88 Å². The van der Waals surface area contributed by atoms with Crippen LogP contribution in [0.4, 0.5) is 5.88 Å². The normalized spacial score (nSPS) is 11.2. The van der Waals surface area contributed by atoms with Gasteiger partial charge in [0.1, 0.15) is 5.69 Å². The van der Waals surface area contributed by atoms with E-state index in [1.165, 1.54) is 0 Å². The lowest BCUT2D eigenvalue weighted by Gasteiger charge is -1.95. The Labute approximate surface area is 106 Å². The van der Waals surface area contributed by atoms with E-state index in [1.807, 2.05) is 25.1 Å². The lowest BCUT2D eigenvalue weighted by molar-refractivity contribution is 0.439. The minimum Gasteiger partial charge on any atom is -0.368 e. The summed E-state index contributed by atoms with van der Waals surface area (Å²) in [5.41, 5.74) is 9.46. The van der Waals surface area contributed by atoms with Crippen molar-refractivity contribution in [2.75, 3.05) is 5.73 Å². The second-order valence-corrected chi connectivity index (χ2v) is 4.85. The zero-order chi connectivity index (χ0) is 12.0. The Kier molecular flexibility index (Phi) is 2.22. The van der Waals surface area contributed by atoms with Crippen LogP contribution in [0, 0.1) is 6.92 Å². The number of nitrogen functional groups attached to an aromatic ring is 1. The molecule has 0 saturated carbocycles. The van der Waals surface area contributed by atoms with E-state index in [2.05, 4.69) is 26.1 Å². The summed E-state index contributed by atoms with van der Waals surface area (Å²) < 4.78 is 5.96. The van der Waals surface area contributed by atoms with Gasteiger partial charge in [-0.25, -0.2) is 0 Å². The molecular weight excluding hydrogens is 282 g/mol. The van der Waals surface area contributed by atoms with Gasteiger partial charge in [0.25, 0.3) is 0 Å². The molecule has 1 aromatic carbocycles. The van der Waals surface area contributed by atoms with E-state index in [1.54, 1.807) is 6.07 Å². The van der Waals surface area contributed by atoms with E-state index in [9.17, 15) is 0 Å². The van der Waals surface area contributed by atoms with Crippen molar-refractivity contribution >= 4 is 32.7 Å². The van der Waals surface area contributed by atoms with Gasteiger partial charge < -0.3 is 15.2 Å². The number of halogens is 1. The second kappa shape index (κ2) is 3.63. The SMILES string of the molecule is Cc1[nH]c2cc(Br)ccc2c1-c1cc(N)on1. The quantitative estimate of drug-likeness (QED) is 0.721. The maximum atomic E-state index is 5.56. The summed E-state index contributed by atoms with van der Waals surface area (Å²) in [6, 6.07) is 7.82. The van der Waals surface area contributed by atoms with Crippen molar-refractivity contribution in [3.63, 3.8) is 0 Å². The molecule has 4 nitrogen and oxygen atoms in total. The minimum atomic E-state index is 0.325. The molecule has 3 rings (SSSR count). The Bertz CT molecular complexity index is 699. The molecule has 17 heavy (non-hydrogen) atoms. The number of H-pyrrole nitrogens is 1. The van der Waals surface area contributed by atoms with Crippen molar-refractivity contribution < 1.29 is 4.52 Å². The van der Waals surface area contributed by atoms with Crippen LogP contribution in [0.15, 0.2) is 33.3 Å². The molecule has 0 radical (unpaired) electrons. The molecule has 0 saturated heterocycles. The van der Waals surface area contributed by atoms with Crippen LogP contribution in [0.3, 0.4) is 0 Å². The van der Waals surface area contributed by atoms with Gasteiger partial charge in [-0.05, 0) is 19.1 Å². The van der Waals surface area contributed by atoms with Crippen LogP contribution < -0.4 is 5.73 Å². The smallest absolute Gasteiger partial charge is 0.222 e. The topological polar surface area (TPSA) is 67.8 Å². The first-order valence-corrected chi connectivity index (χ1v) is 5.95. The molecule has 3 aromatic rings. The number of rotatable bonds is 1. The molecule has 0 amide bonds. The van der Waals surface area contributed by atoms with Crippen LogP contribution in [0.1, 0.15) is 5.69 Å². The molecule has 3 N–H and O–H groups in total. The lowest BCUT2D eigenvalue weighted by Crippen LogP contribution is -1.79. The van der Waals surface area contributed by atoms with Gasteiger partial charge >= 0.3 is 0 Å². The summed E-state index contributed by atoms with van der Waals surface area (Å²) in [7, 11) is 0. The molecule has 0 fully saturated rings. The Balaban J connectivity index is 2.32. The number of benzene rings is 1. The van der Waals surface area contributed by atoms with Gasteiger partial charge in [-0.2, -0.15) is 0 Å². The molecule has 0 aliphatic heterocycles. The van der Waals surface area contributed by atoms with Crippen LogP contribution in [0.25, 0.3) is 22.2 Å². The highest BCUT2D eigenvalue weighted by atomic mass is 79.9. The predicted molar refractivity (Wildman–Crippen MR) is 70.6 cm³/mol. The highest BCUT2D eigenvalue weighted by Crippen LogP contribution is 2.33. The van der Waals surface area contributed by atoms with Crippen LogP contribution in [-0.4, -0.2) is 10.1 Å². The first-order valence-electron chi connectivity index (χ1n) is 5.15. The summed E-state index contributed by atoms with van der Waals surface area (Å²) in [5.74, 6) is 0.325. The Morgan fingerprint density at radius 3 is 2.88 bits per heavy atom. The molecule has 0 aliphatic rings. The molecule has 0 aliphatic carbocycles. The van der Waals surface area contributed by atoms with E-state index >= 15 is 0 Å². The van der Waals surface area contributed by atoms with Gasteiger partial charge in [0.05, 0.1) is 0 Å². The fourth-order valence-electron chi connectivity index (χ4n) is 2.04. The number of anilines is 1. The predicted octanol–water partition coefficient (Wildman–Crippen LogP) is 3.48. The summed E-state index contributed by atoms with van der Waals surface area (Å²) in [5, 5.41) is 5.07. The van der Waals surface area contributed by atoms with E-state index < -0.39 is 0 Å². The zero-order valence-electron chi connectivity index (χ0n) is 9.12. The Hall–Kier alpha value is -1.75. The minimum absolute atomic E-state index is 0.325. The monoisotopic (exact) mass is 291 g/mol. The third-order valence-corrected chi connectivity index (χ3v) is 3.23. The van der Waals surface area contributed by atoms with Crippen molar-refractivity contribution in [2.24, 2.45) is 0 Å². The number of nitrogens with one attached hydrogen (secondary N) is 1. The average molecular weight is 292 g/mol. The number of nitrogens with zero attached hydrogens (tertiary/aromatic N) is 1. The summed E-state index contributed by atoms with van der Waals surface area (Å²) in [4.78, 5) is 3.32. The van der Waals surface area contributed by atoms with Crippen LogP contribution >= 0.6 is 15.9 Å². The van der Waals surface area contributed by atoms with Gasteiger partial charge in [-0.1, -0.05) is 27.2 Å². The van der Waals surface area contributed by atoms with Gasteiger partial charge in [0, 0.05) is 32.7 Å². The van der Waals surface area contributed by atoms with Crippen LogP contribution in [-0.2, 0) is 0 Å². The zero-order valence-corrected chi connectivity index (χ0v) is 10.7. The highest BCUT2D eigenvalue weighted by molar-refractivity contribution is 9.10. The molecule has 0 atom stereocenters. The van der Waals surface area contributed by atoms with Gasteiger partial charge in [0.2, 0.25) is 5.88 Å². The van der Waals surface area contributed by atoms with E-state index in [-0.39, 0.29) is 0 Å². The van der Waals surface area contributed by atoms with Crippen molar-refractivity contribution in [3.8, 4) is 11.3 Å². The molecule has 2 aromatic heterocycles. The number of hydrogen-bond donors (Lipinski definition) is 2. The summed E-state index contributed by atoms with van der Waals surface area (Å²) >= 11 is 3.45. The van der Waals surface area contributed by atoms with E-state index in [0.717, 1.165) is 32.3 Å². The van der Waals surface area contributed by atoms with Crippen molar-refractivity contribution in [1.82, 2.24) is 10.1 Å². The Morgan fingerprint density at radius 2 is 2.18 bits per heavy atom. The largest absolute Gasteiger partial charge is 0.368 e. The van der Waals surface area contributed by atoms with Gasteiger partial charge in [-0.15, -0.1) is 0 Å². The number of hydrogen-bond acceptors (Lipinski definition) is 3. The van der Waals surface area contributed by atoms with Crippen LogP contribution in [0.5, 0.6) is 0 Å². The first kappa shape index (κ1) is 10.4. The van der Waals surface area contributed by atoms with Crippen molar-refractivity contribution in [2.45, 2.75) is 6.92 Å². The number of aromatic nitrogens is 2. The fraction of sp³-hybridized carbons (Fsp3) is 0.0833. The number of fused-ring (bicyclic) bond motifs is 1. The van der Waals surface area contributed by atoms with Crippen molar-refractivity contribution in [1.29, 1.82) is 0 Å². The summed E-state index contributed by atoms with van der Waals surface area (Å²) in [6.45, 7) is 2.01. The third kappa shape index (κ3) is 1.63. The number of aromatic amines is 1. The molecule has 86 valence electrons. The maximum Gasteiger partial charge on any atom is 0.222 e. The van der Waals surface area contributed by atoms with E-state index in [4.69, 9.17) is 10.3 Å². The molecule has 0 spiro atoms. The molecule has 5 heteroatoms. The van der Waals surface area contributed by atoms with Crippen LogP contribution in [0.2, 0.25) is 0 Å². The molecular formula is C12H10BrN3O. The summed E-state index contributed by atoms with van der Waals surface area (Å²) in [6.07, 6.45) is 0. The maximum absolute atomic E-state index is 5.56. The van der Waals surface area contributed by atoms with Crippen molar-refractivity contribution in [3.05, 3.63) is 34.4 Å². The van der Waals surface area contributed by atoms with Gasteiger partial charge in [-0.3, -0.25) is 0 Å². The lowest BCUT2D eigenvalue weighted by atomic mass is 10.1. The number of nitrogens with two attached hydrogens (primary N) is 1. The number of aryl methyl sites for hydroxylation is 1. The fourth-order valence-corrected chi connectivity index (χ4v) is 2.40. The highest BCUT2D eigenvalue weighted by Gasteiger charge is 2.14. The Morgan fingerprint density at radius 1 is 1.35 bits per heavy atom. The second-order valence-electron chi connectivity index (χ2n) is 3.93.